The fourth-order valence-corrected chi connectivity index (χ4v) is 2.22. The number of nitrogens with one attached hydrogen (secondary N) is 2. The van der Waals surface area contributed by atoms with Crippen LogP contribution in [0.15, 0.2) is 36.4 Å². The summed E-state index contributed by atoms with van der Waals surface area (Å²) in [6.45, 7) is 2.74. The number of urea groups is 1. The van der Waals surface area contributed by atoms with Gasteiger partial charge in [0.1, 0.15) is 11.6 Å². The monoisotopic (exact) mass is 350 g/mol. The maximum absolute atomic E-state index is 13.5. The van der Waals surface area contributed by atoms with Gasteiger partial charge in [-0.15, -0.1) is 0 Å². The Morgan fingerprint density at radius 1 is 1.12 bits per heavy atom. The van der Waals surface area contributed by atoms with Crippen molar-refractivity contribution in [3.63, 3.8) is 0 Å². The maximum atomic E-state index is 13.5. The van der Waals surface area contributed by atoms with Crippen LogP contribution in [0.3, 0.4) is 0 Å². The highest BCUT2D eigenvalue weighted by molar-refractivity contribution is 5.89. The lowest BCUT2D eigenvalue weighted by Gasteiger charge is -2.12. The molecule has 0 saturated carbocycles. The smallest absolute Gasteiger partial charge is 0.319 e. The number of ether oxygens (including phenoxy) is 2. The summed E-state index contributed by atoms with van der Waals surface area (Å²) in [6.07, 6.45) is 0.543. The zero-order valence-electron chi connectivity index (χ0n) is 14.1. The lowest BCUT2D eigenvalue weighted by Crippen LogP contribution is -2.30. The third kappa shape index (κ3) is 5.34. The van der Waals surface area contributed by atoms with Crippen LogP contribution < -0.4 is 20.1 Å². The standard InChI is InChI=1S/C18H20F2N2O3/c1-3-25-16-7-4-12(10-17(16)24-2)8-9-21-18(23)22-15-11-13(19)5-6-14(15)20/h4-7,10-11H,3,8-9H2,1-2H3,(H2,21,22,23). The Balaban J connectivity index is 1.87. The molecule has 0 spiro atoms. The van der Waals surface area contributed by atoms with E-state index in [4.69, 9.17) is 9.47 Å². The molecule has 2 rings (SSSR count). The fraction of sp³-hybridized carbons (Fsp3) is 0.278. The molecule has 0 atom stereocenters. The first kappa shape index (κ1) is 18.5. The van der Waals surface area contributed by atoms with Crippen LogP contribution in [0.4, 0.5) is 19.3 Å². The molecule has 0 bridgehead atoms. The second-order valence-electron chi connectivity index (χ2n) is 5.17. The van der Waals surface area contributed by atoms with E-state index in [9.17, 15) is 13.6 Å². The third-order valence-corrected chi connectivity index (χ3v) is 3.40. The average molecular weight is 350 g/mol. The number of carbonyl (C=O) groups is 1. The van der Waals surface area contributed by atoms with Gasteiger partial charge in [-0.2, -0.15) is 0 Å². The number of rotatable bonds is 7. The molecule has 0 saturated heterocycles. The summed E-state index contributed by atoms with van der Waals surface area (Å²) < 4.78 is 37.2. The Labute approximate surface area is 144 Å². The Bertz CT molecular complexity index is 738. The summed E-state index contributed by atoms with van der Waals surface area (Å²) in [7, 11) is 1.56. The first-order chi connectivity index (χ1) is 12.0. The molecular formula is C18H20F2N2O3. The molecule has 2 amide bonds. The normalized spacial score (nSPS) is 10.2. The van der Waals surface area contributed by atoms with Crippen molar-refractivity contribution in [2.24, 2.45) is 0 Å². The molecule has 0 unspecified atom stereocenters. The van der Waals surface area contributed by atoms with Crippen LogP contribution >= 0.6 is 0 Å². The molecule has 2 N–H and O–H groups in total. The quantitative estimate of drug-likeness (QED) is 0.800. The van der Waals surface area contributed by atoms with Crippen molar-refractivity contribution >= 4 is 11.7 Å². The summed E-state index contributed by atoms with van der Waals surface area (Å²) in [4.78, 5) is 11.8. The van der Waals surface area contributed by atoms with Crippen molar-refractivity contribution in [3.05, 3.63) is 53.6 Å². The predicted molar refractivity (Wildman–Crippen MR) is 91.2 cm³/mol. The van der Waals surface area contributed by atoms with Gasteiger partial charge in [-0.25, -0.2) is 13.6 Å². The van der Waals surface area contributed by atoms with Crippen LogP contribution in [-0.4, -0.2) is 26.3 Å². The first-order valence-corrected chi connectivity index (χ1v) is 7.83. The van der Waals surface area contributed by atoms with Gasteiger partial charge in [0.25, 0.3) is 0 Å². The van der Waals surface area contributed by atoms with Crippen molar-refractivity contribution in [2.75, 3.05) is 25.6 Å². The molecule has 0 aromatic heterocycles. The first-order valence-electron chi connectivity index (χ1n) is 7.83. The number of hydrogen-bond acceptors (Lipinski definition) is 3. The van der Waals surface area contributed by atoms with Gasteiger partial charge in [0.2, 0.25) is 0 Å². The molecule has 7 heteroatoms. The number of amides is 2. The number of carbonyl (C=O) groups excluding carboxylic acids is 1. The summed E-state index contributed by atoms with van der Waals surface area (Å²) in [5.41, 5.74) is 0.734. The molecule has 25 heavy (non-hydrogen) atoms. The van der Waals surface area contributed by atoms with Gasteiger partial charge >= 0.3 is 6.03 Å². The van der Waals surface area contributed by atoms with E-state index < -0.39 is 17.7 Å². The van der Waals surface area contributed by atoms with Gasteiger partial charge in [0, 0.05) is 12.6 Å². The van der Waals surface area contributed by atoms with Crippen LogP contribution in [0.25, 0.3) is 0 Å². The Morgan fingerprint density at radius 2 is 1.92 bits per heavy atom. The number of benzene rings is 2. The highest BCUT2D eigenvalue weighted by atomic mass is 19.1. The zero-order chi connectivity index (χ0) is 18.2. The second-order valence-corrected chi connectivity index (χ2v) is 5.17. The van der Waals surface area contributed by atoms with E-state index in [1.165, 1.54) is 0 Å². The predicted octanol–water partition coefficient (Wildman–Crippen LogP) is 3.74. The average Bonchev–Trinajstić information content (AvgIpc) is 2.59. The van der Waals surface area contributed by atoms with E-state index in [-0.39, 0.29) is 5.69 Å². The number of halogens is 2. The highest BCUT2D eigenvalue weighted by Gasteiger charge is 2.09. The minimum absolute atomic E-state index is 0.208. The summed E-state index contributed by atoms with van der Waals surface area (Å²) in [6, 6.07) is 7.76. The van der Waals surface area contributed by atoms with Crippen LogP contribution in [0.5, 0.6) is 11.5 Å². The largest absolute Gasteiger partial charge is 0.493 e. The summed E-state index contributed by atoms with van der Waals surface area (Å²) in [5, 5.41) is 4.87. The molecule has 5 nitrogen and oxygen atoms in total. The summed E-state index contributed by atoms with van der Waals surface area (Å²) in [5.74, 6) is -0.0577. The Morgan fingerprint density at radius 3 is 2.64 bits per heavy atom. The number of hydrogen-bond donors (Lipinski definition) is 2. The van der Waals surface area contributed by atoms with Crippen LogP contribution in [0.2, 0.25) is 0 Å². The van der Waals surface area contributed by atoms with E-state index >= 15 is 0 Å². The minimum atomic E-state index is -0.701. The van der Waals surface area contributed by atoms with E-state index in [0.717, 1.165) is 23.8 Å². The van der Waals surface area contributed by atoms with Crippen molar-refractivity contribution in [1.82, 2.24) is 5.32 Å². The van der Waals surface area contributed by atoms with Gasteiger partial charge in [-0.05, 0) is 43.2 Å². The van der Waals surface area contributed by atoms with Crippen molar-refractivity contribution in [1.29, 1.82) is 0 Å². The Hall–Kier alpha value is -2.83. The van der Waals surface area contributed by atoms with Gasteiger partial charge in [0.05, 0.1) is 19.4 Å². The van der Waals surface area contributed by atoms with Gasteiger partial charge in [0.15, 0.2) is 11.5 Å². The topological polar surface area (TPSA) is 59.6 Å². The molecule has 134 valence electrons. The lowest BCUT2D eigenvalue weighted by atomic mass is 10.1. The van der Waals surface area contributed by atoms with Crippen LogP contribution in [0.1, 0.15) is 12.5 Å². The molecule has 2 aromatic carbocycles. The third-order valence-electron chi connectivity index (χ3n) is 3.40. The van der Waals surface area contributed by atoms with Crippen molar-refractivity contribution in [3.8, 4) is 11.5 Å². The fourth-order valence-electron chi connectivity index (χ4n) is 2.22. The van der Waals surface area contributed by atoms with Crippen LogP contribution in [0, 0.1) is 11.6 Å². The minimum Gasteiger partial charge on any atom is -0.493 e. The second kappa shape index (κ2) is 8.86. The van der Waals surface area contributed by atoms with Crippen LogP contribution in [-0.2, 0) is 6.42 Å². The highest BCUT2D eigenvalue weighted by Crippen LogP contribution is 2.28. The molecular weight excluding hydrogens is 330 g/mol. The van der Waals surface area contributed by atoms with E-state index in [1.54, 1.807) is 13.2 Å². The van der Waals surface area contributed by atoms with E-state index in [1.807, 2.05) is 19.1 Å². The number of anilines is 1. The molecule has 0 aliphatic heterocycles. The summed E-state index contributed by atoms with van der Waals surface area (Å²) >= 11 is 0. The van der Waals surface area contributed by atoms with Crippen molar-refractivity contribution < 1.29 is 23.0 Å². The zero-order valence-corrected chi connectivity index (χ0v) is 14.1. The number of methoxy groups -OCH3 is 1. The van der Waals surface area contributed by atoms with E-state index in [2.05, 4.69) is 10.6 Å². The molecule has 0 aliphatic rings. The molecule has 2 aromatic rings. The van der Waals surface area contributed by atoms with Gasteiger partial charge in [-0.3, -0.25) is 0 Å². The van der Waals surface area contributed by atoms with Gasteiger partial charge in [-0.1, -0.05) is 6.07 Å². The Kier molecular flexibility index (Phi) is 6.56. The lowest BCUT2D eigenvalue weighted by molar-refractivity contribution is 0.252. The molecule has 0 heterocycles. The SMILES string of the molecule is CCOc1ccc(CCNC(=O)Nc2cc(F)ccc2F)cc1OC. The molecule has 0 fully saturated rings. The van der Waals surface area contributed by atoms with E-state index in [0.29, 0.717) is 31.1 Å². The van der Waals surface area contributed by atoms with Gasteiger partial charge < -0.3 is 20.1 Å². The maximum Gasteiger partial charge on any atom is 0.319 e. The molecule has 0 aliphatic carbocycles. The van der Waals surface area contributed by atoms with Crippen molar-refractivity contribution in [2.45, 2.75) is 13.3 Å². The molecule has 0 radical (unpaired) electrons.